The summed E-state index contributed by atoms with van der Waals surface area (Å²) >= 11 is 0. The van der Waals surface area contributed by atoms with E-state index in [1.807, 2.05) is 54.6 Å². The molecule has 0 radical (unpaired) electrons. The molecule has 0 saturated carbocycles. The number of carbonyl (C=O) groups excluding carboxylic acids is 2. The van der Waals surface area contributed by atoms with E-state index in [2.05, 4.69) is 4.90 Å². The SMILES string of the molecule is COCCN(C)C(=O)[C@H](Cc1ccccc1)N(Cc1ccc(N2CCOCC2)cc1)C(=O)/C=C/c1ccc(C(F)(F)F)cc1. The van der Waals surface area contributed by atoms with Gasteiger partial charge in [-0.1, -0.05) is 54.6 Å². The van der Waals surface area contributed by atoms with Crippen LogP contribution in [0.5, 0.6) is 0 Å². The molecular weight excluding hydrogens is 571 g/mol. The topological polar surface area (TPSA) is 62.3 Å². The van der Waals surface area contributed by atoms with Crippen LogP contribution in [0.3, 0.4) is 0 Å². The van der Waals surface area contributed by atoms with Crippen molar-refractivity contribution >= 4 is 23.6 Å². The summed E-state index contributed by atoms with van der Waals surface area (Å²) in [4.78, 5) is 33.1. The van der Waals surface area contributed by atoms with Gasteiger partial charge in [0.15, 0.2) is 0 Å². The first-order valence-corrected chi connectivity index (χ1v) is 14.5. The average Bonchev–Trinajstić information content (AvgIpc) is 3.04. The first-order chi connectivity index (χ1) is 21.2. The Morgan fingerprint density at radius 2 is 1.61 bits per heavy atom. The second kappa shape index (κ2) is 15.5. The molecule has 0 N–H and O–H groups in total. The summed E-state index contributed by atoms with van der Waals surface area (Å²) in [6.07, 6.45) is -1.39. The fourth-order valence-electron chi connectivity index (χ4n) is 4.98. The van der Waals surface area contributed by atoms with Crippen LogP contribution in [-0.4, -0.2) is 81.3 Å². The van der Waals surface area contributed by atoms with E-state index in [9.17, 15) is 22.8 Å². The number of anilines is 1. The lowest BCUT2D eigenvalue weighted by Gasteiger charge is -2.33. The van der Waals surface area contributed by atoms with Crippen LogP contribution in [0.15, 0.2) is 84.9 Å². The van der Waals surface area contributed by atoms with Gasteiger partial charge in [0.1, 0.15) is 6.04 Å². The number of halogens is 3. The standard InChI is InChI=1S/C34H38F3N3O4/c1-38(18-21-43-2)33(42)31(24-27-6-4-3-5-7-27)40(25-28-10-15-30(16-11-28)39-19-22-44-23-20-39)32(41)17-12-26-8-13-29(14-9-26)34(35,36)37/h3-17,31H,18-25H2,1-2H3/b17-12+/t31-/m0/s1. The molecule has 1 atom stereocenters. The summed E-state index contributed by atoms with van der Waals surface area (Å²) in [5, 5.41) is 0. The Morgan fingerprint density at radius 1 is 0.955 bits per heavy atom. The van der Waals surface area contributed by atoms with Crippen LogP contribution < -0.4 is 4.90 Å². The zero-order valence-electron chi connectivity index (χ0n) is 25.0. The van der Waals surface area contributed by atoms with Gasteiger partial charge in [-0.3, -0.25) is 9.59 Å². The second-order valence-electron chi connectivity index (χ2n) is 10.6. The summed E-state index contributed by atoms with van der Waals surface area (Å²) in [6, 6.07) is 21.1. The lowest BCUT2D eigenvalue weighted by Crippen LogP contribution is -2.51. The van der Waals surface area contributed by atoms with E-state index in [0.29, 0.717) is 31.9 Å². The maximum atomic E-state index is 13.9. The fraction of sp³-hybridized carbons (Fsp3) is 0.353. The van der Waals surface area contributed by atoms with Gasteiger partial charge in [0.2, 0.25) is 11.8 Å². The minimum absolute atomic E-state index is 0.154. The lowest BCUT2D eigenvalue weighted by molar-refractivity contribution is -0.143. The van der Waals surface area contributed by atoms with E-state index in [4.69, 9.17) is 9.47 Å². The van der Waals surface area contributed by atoms with Gasteiger partial charge in [-0.25, -0.2) is 0 Å². The van der Waals surface area contributed by atoms with Crippen molar-refractivity contribution < 1.29 is 32.2 Å². The third-order valence-corrected chi connectivity index (χ3v) is 7.55. The first kappa shape index (κ1) is 32.8. The third kappa shape index (κ3) is 9.17. The third-order valence-electron chi connectivity index (χ3n) is 7.55. The number of likely N-dealkylation sites (N-methyl/N-ethyl adjacent to an activating group) is 1. The smallest absolute Gasteiger partial charge is 0.383 e. The van der Waals surface area contributed by atoms with Gasteiger partial charge in [0.25, 0.3) is 0 Å². The van der Waals surface area contributed by atoms with Crippen molar-refractivity contribution in [2.75, 3.05) is 58.5 Å². The number of amides is 2. The fourth-order valence-corrected chi connectivity index (χ4v) is 4.98. The molecule has 3 aromatic carbocycles. The number of rotatable bonds is 12. The Labute approximate surface area is 256 Å². The molecule has 3 aromatic rings. The predicted octanol–water partition coefficient (Wildman–Crippen LogP) is 5.30. The van der Waals surface area contributed by atoms with Crippen molar-refractivity contribution in [3.63, 3.8) is 0 Å². The molecule has 44 heavy (non-hydrogen) atoms. The molecular formula is C34H38F3N3O4. The number of ether oxygens (including phenoxy) is 2. The molecule has 0 bridgehead atoms. The maximum Gasteiger partial charge on any atom is 0.416 e. The molecule has 1 aliphatic heterocycles. The van der Waals surface area contributed by atoms with Crippen LogP contribution >= 0.6 is 0 Å². The van der Waals surface area contributed by atoms with Gasteiger partial charge in [-0.2, -0.15) is 13.2 Å². The summed E-state index contributed by atoms with van der Waals surface area (Å²) < 4.78 is 49.7. The van der Waals surface area contributed by atoms with Crippen LogP contribution in [0.1, 0.15) is 22.3 Å². The maximum absolute atomic E-state index is 13.9. The number of morpholine rings is 1. The Kier molecular flexibility index (Phi) is 11.6. The van der Waals surface area contributed by atoms with Crippen LogP contribution in [0.25, 0.3) is 6.08 Å². The first-order valence-electron chi connectivity index (χ1n) is 14.5. The number of methoxy groups -OCH3 is 1. The van der Waals surface area contributed by atoms with Crippen molar-refractivity contribution in [1.82, 2.24) is 9.80 Å². The molecule has 1 aliphatic rings. The summed E-state index contributed by atoms with van der Waals surface area (Å²) in [5.74, 6) is -0.677. The predicted molar refractivity (Wildman–Crippen MR) is 164 cm³/mol. The van der Waals surface area contributed by atoms with E-state index in [1.165, 1.54) is 29.2 Å². The highest BCUT2D eigenvalue weighted by Gasteiger charge is 2.32. The van der Waals surface area contributed by atoms with Gasteiger partial charge in [-0.15, -0.1) is 0 Å². The van der Waals surface area contributed by atoms with Gasteiger partial charge in [-0.05, 0) is 47.0 Å². The minimum atomic E-state index is -4.45. The van der Waals surface area contributed by atoms with Crippen molar-refractivity contribution in [3.05, 3.63) is 107 Å². The molecule has 10 heteroatoms. The van der Waals surface area contributed by atoms with Crippen LogP contribution in [0, 0.1) is 0 Å². The van der Waals surface area contributed by atoms with E-state index < -0.39 is 23.7 Å². The molecule has 1 heterocycles. The zero-order valence-corrected chi connectivity index (χ0v) is 25.0. The van der Waals surface area contributed by atoms with Crippen LogP contribution in [-0.2, 0) is 38.2 Å². The van der Waals surface area contributed by atoms with Crippen molar-refractivity contribution in [2.45, 2.75) is 25.2 Å². The summed E-state index contributed by atoms with van der Waals surface area (Å²) in [7, 11) is 3.24. The molecule has 0 aliphatic carbocycles. The zero-order chi connectivity index (χ0) is 31.5. The molecule has 7 nitrogen and oxygen atoms in total. The van der Waals surface area contributed by atoms with Crippen LogP contribution in [0.2, 0.25) is 0 Å². The quantitative estimate of drug-likeness (QED) is 0.261. The summed E-state index contributed by atoms with van der Waals surface area (Å²) in [5.41, 5.74) is 2.44. The Morgan fingerprint density at radius 3 is 2.23 bits per heavy atom. The molecule has 1 fully saturated rings. The molecule has 234 valence electrons. The molecule has 1 saturated heterocycles. The monoisotopic (exact) mass is 609 g/mol. The van der Waals surface area contributed by atoms with Crippen molar-refractivity contribution in [1.29, 1.82) is 0 Å². The average molecular weight is 610 g/mol. The molecule has 0 aromatic heterocycles. The number of hydrogen-bond donors (Lipinski definition) is 0. The Hall–Kier alpha value is -4.15. The van der Waals surface area contributed by atoms with Crippen LogP contribution in [0.4, 0.5) is 18.9 Å². The number of nitrogens with zero attached hydrogens (tertiary/aromatic N) is 3. The highest BCUT2D eigenvalue weighted by Crippen LogP contribution is 2.29. The van der Waals surface area contributed by atoms with Gasteiger partial charge >= 0.3 is 6.18 Å². The largest absolute Gasteiger partial charge is 0.416 e. The van der Waals surface area contributed by atoms with E-state index in [0.717, 1.165) is 42.0 Å². The Balaban J connectivity index is 1.65. The van der Waals surface area contributed by atoms with Gasteiger partial charge in [0.05, 0.1) is 25.4 Å². The Bertz CT molecular complexity index is 1370. The minimum Gasteiger partial charge on any atom is -0.383 e. The molecule has 0 spiro atoms. The van der Waals surface area contributed by atoms with Crippen molar-refractivity contribution in [3.8, 4) is 0 Å². The second-order valence-corrected chi connectivity index (χ2v) is 10.6. The normalized spacial score (nSPS) is 14.4. The lowest BCUT2D eigenvalue weighted by atomic mass is 10.0. The highest BCUT2D eigenvalue weighted by atomic mass is 19.4. The molecule has 4 rings (SSSR count). The van der Waals surface area contributed by atoms with Gasteiger partial charge in [0, 0.05) is 58.5 Å². The number of carbonyl (C=O) groups is 2. The number of alkyl halides is 3. The van der Waals surface area contributed by atoms with E-state index >= 15 is 0 Å². The van der Waals surface area contributed by atoms with Gasteiger partial charge < -0.3 is 24.2 Å². The van der Waals surface area contributed by atoms with E-state index in [1.54, 1.807) is 19.1 Å². The number of benzene rings is 3. The summed E-state index contributed by atoms with van der Waals surface area (Å²) in [6.45, 7) is 3.74. The highest BCUT2D eigenvalue weighted by molar-refractivity contribution is 5.95. The molecule has 0 unspecified atom stereocenters. The van der Waals surface area contributed by atoms with Crippen molar-refractivity contribution in [2.24, 2.45) is 0 Å². The van der Waals surface area contributed by atoms with E-state index in [-0.39, 0.29) is 18.9 Å². The molecule has 2 amide bonds. The number of hydrogen-bond acceptors (Lipinski definition) is 5.